The summed E-state index contributed by atoms with van der Waals surface area (Å²) in [6, 6.07) is 13.5. The number of sulfone groups is 1. The van der Waals surface area contributed by atoms with Gasteiger partial charge in [-0.1, -0.05) is 18.6 Å². The molecule has 8 heteroatoms. The number of carbonyl (C=O) groups excluding carboxylic acids is 1. The number of carbonyl (C=O) groups is 1. The Morgan fingerprint density at radius 2 is 1.76 bits per heavy atom. The van der Waals surface area contributed by atoms with E-state index in [-0.39, 0.29) is 10.5 Å². The van der Waals surface area contributed by atoms with Gasteiger partial charge in [0.25, 0.3) is 5.91 Å². The topological polar surface area (TPSA) is 93.9 Å². The second-order valence-electron chi connectivity index (χ2n) is 7.20. The van der Waals surface area contributed by atoms with Crippen molar-refractivity contribution in [3.63, 3.8) is 0 Å². The summed E-state index contributed by atoms with van der Waals surface area (Å²) in [5.74, 6) is 1.39. The van der Waals surface area contributed by atoms with Crippen LogP contribution in [0.25, 0.3) is 11.4 Å². The van der Waals surface area contributed by atoms with Gasteiger partial charge in [-0.15, -0.1) is 10.2 Å². The molecule has 0 unspecified atom stereocenters. The molecule has 4 rings (SSSR count). The van der Waals surface area contributed by atoms with E-state index in [1.54, 1.807) is 24.3 Å². The molecule has 3 aromatic rings. The molecule has 150 valence electrons. The molecule has 1 amide bonds. The summed E-state index contributed by atoms with van der Waals surface area (Å²) in [5.41, 5.74) is 1.64. The van der Waals surface area contributed by atoms with Crippen LogP contribution in [0, 0.1) is 0 Å². The molecule has 2 heterocycles. The molecule has 29 heavy (non-hydrogen) atoms. The SMILES string of the molecule is CS(=O)(=O)c1ccccc1C(=O)Nc1ccc(-c2nnc3n2CCCCC3)cc1. The monoisotopic (exact) mass is 410 g/mol. The first-order chi connectivity index (χ1) is 13.9. The zero-order valence-electron chi connectivity index (χ0n) is 16.1. The number of anilines is 1. The normalized spacial score (nSPS) is 14.1. The van der Waals surface area contributed by atoms with Crippen molar-refractivity contribution in [1.82, 2.24) is 14.8 Å². The number of hydrogen-bond acceptors (Lipinski definition) is 5. The van der Waals surface area contributed by atoms with Gasteiger partial charge in [-0.2, -0.15) is 0 Å². The molecular formula is C21H22N4O3S. The zero-order valence-corrected chi connectivity index (χ0v) is 16.9. The molecule has 0 spiro atoms. The van der Waals surface area contributed by atoms with E-state index in [0.717, 1.165) is 49.3 Å². The third-order valence-electron chi connectivity index (χ3n) is 5.04. The Hall–Kier alpha value is -3.00. The van der Waals surface area contributed by atoms with Gasteiger partial charge in [-0.3, -0.25) is 4.79 Å². The van der Waals surface area contributed by atoms with Gasteiger partial charge in [-0.05, 0) is 49.2 Å². The summed E-state index contributed by atoms with van der Waals surface area (Å²) in [7, 11) is -3.50. The highest BCUT2D eigenvalue weighted by atomic mass is 32.2. The molecule has 1 aromatic heterocycles. The Morgan fingerprint density at radius 1 is 1.00 bits per heavy atom. The number of nitrogens with zero attached hydrogens (tertiary/aromatic N) is 3. The lowest BCUT2D eigenvalue weighted by Gasteiger charge is -2.10. The fourth-order valence-corrected chi connectivity index (χ4v) is 4.46. The maximum Gasteiger partial charge on any atom is 0.256 e. The summed E-state index contributed by atoms with van der Waals surface area (Å²) in [4.78, 5) is 12.6. The van der Waals surface area contributed by atoms with Crippen LogP contribution in [0.1, 0.15) is 35.4 Å². The summed E-state index contributed by atoms with van der Waals surface area (Å²) < 4.78 is 26.0. The first-order valence-electron chi connectivity index (χ1n) is 9.56. The number of hydrogen-bond donors (Lipinski definition) is 1. The van der Waals surface area contributed by atoms with Crippen molar-refractivity contribution in [2.45, 2.75) is 37.1 Å². The van der Waals surface area contributed by atoms with Crippen LogP contribution in [-0.4, -0.2) is 35.3 Å². The lowest BCUT2D eigenvalue weighted by molar-refractivity contribution is 0.102. The number of rotatable bonds is 4. The predicted octanol–water partition coefficient (Wildman–Crippen LogP) is 3.33. The van der Waals surface area contributed by atoms with Crippen LogP contribution in [-0.2, 0) is 22.8 Å². The van der Waals surface area contributed by atoms with Gasteiger partial charge in [0, 0.05) is 30.5 Å². The summed E-state index contributed by atoms with van der Waals surface area (Å²) >= 11 is 0. The van der Waals surface area contributed by atoms with Crippen LogP contribution in [0.15, 0.2) is 53.4 Å². The highest BCUT2D eigenvalue weighted by molar-refractivity contribution is 7.90. The third kappa shape index (κ3) is 4.07. The fraction of sp³-hybridized carbons (Fsp3) is 0.286. The standard InChI is InChI=1S/C21H22N4O3S/c1-29(27,28)18-8-5-4-7-17(18)21(26)22-16-12-10-15(11-13-16)20-24-23-19-9-3-2-6-14-25(19)20/h4-5,7-8,10-13H,2-3,6,9,14H2,1H3,(H,22,26). The number of aromatic nitrogens is 3. The predicted molar refractivity (Wildman–Crippen MR) is 111 cm³/mol. The Balaban J connectivity index is 1.56. The largest absolute Gasteiger partial charge is 0.322 e. The highest BCUT2D eigenvalue weighted by Crippen LogP contribution is 2.24. The maximum atomic E-state index is 12.6. The van der Waals surface area contributed by atoms with Crippen molar-refractivity contribution in [3.05, 3.63) is 59.9 Å². The molecule has 0 aliphatic carbocycles. The first kappa shape index (κ1) is 19.3. The van der Waals surface area contributed by atoms with Crippen molar-refractivity contribution < 1.29 is 13.2 Å². The van der Waals surface area contributed by atoms with E-state index in [2.05, 4.69) is 20.1 Å². The van der Waals surface area contributed by atoms with Crippen molar-refractivity contribution in [3.8, 4) is 11.4 Å². The first-order valence-corrected chi connectivity index (χ1v) is 11.5. The van der Waals surface area contributed by atoms with Crippen molar-refractivity contribution >= 4 is 21.4 Å². The lowest BCUT2D eigenvalue weighted by Crippen LogP contribution is -2.16. The minimum Gasteiger partial charge on any atom is -0.322 e. The average Bonchev–Trinajstić information content (AvgIpc) is 2.96. The second-order valence-corrected chi connectivity index (χ2v) is 9.19. The number of aryl methyl sites for hydroxylation is 1. The third-order valence-corrected chi connectivity index (χ3v) is 6.20. The van der Waals surface area contributed by atoms with Gasteiger partial charge < -0.3 is 9.88 Å². The van der Waals surface area contributed by atoms with Crippen molar-refractivity contribution in [2.75, 3.05) is 11.6 Å². The Labute approximate surface area is 169 Å². The van der Waals surface area contributed by atoms with E-state index < -0.39 is 15.7 Å². The molecule has 7 nitrogen and oxygen atoms in total. The van der Waals surface area contributed by atoms with E-state index in [1.807, 2.05) is 12.1 Å². The molecule has 0 fully saturated rings. The van der Waals surface area contributed by atoms with Crippen LogP contribution in [0.2, 0.25) is 0 Å². The number of benzene rings is 2. The molecule has 2 aromatic carbocycles. The number of amides is 1. The zero-order chi connectivity index (χ0) is 20.4. The molecule has 1 N–H and O–H groups in total. The minimum absolute atomic E-state index is 0.0141. The minimum atomic E-state index is -3.50. The highest BCUT2D eigenvalue weighted by Gasteiger charge is 2.19. The molecule has 0 radical (unpaired) electrons. The van der Waals surface area contributed by atoms with Crippen LogP contribution in [0.5, 0.6) is 0 Å². The Kier molecular flexibility index (Phi) is 5.19. The van der Waals surface area contributed by atoms with Crippen LogP contribution >= 0.6 is 0 Å². The molecule has 0 bridgehead atoms. The summed E-state index contributed by atoms with van der Waals surface area (Å²) in [6.45, 7) is 0.915. The van der Waals surface area contributed by atoms with E-state index in [0.29, 0.717) is 5.69 Å². The quantitative estimate of drug-likeness (QED) is 0.712. The molecule has 1 aliphatic rings. The summed E-state index contributed by atoms with van der Waals surface area (Å²) in [6.07, 6.45) is 5.49. The number of nitrogens with one attached hydrogen (secondary N) is 1. The molecule has 0 saturated carbocycles. The van der Waals surface area contributed by atoms with E-state index in [1.165, 1.54) is 18.6 Å². The fourth-order valence-electron chi connectivity index (χ4n) is 3.58. The van der Waals surface area contributed by atoms with Gasteiger partial charge in [0.2, 0.25) is 0 Å². The van der Waals surface area contributed by atoms with Gasteiger partial charge in [0.1, 0.15) is 5.82 Å². The molecular weight excluding hydrogens is 388 g/mol. The smallest absolute Gasteiger partial charge is 0.256 e. The maximum absolute atomic E-state index is 12.6. The average molecular weight is 410 g/mol. The lowest BCUT2D eigenvalue weighted by atomic mass is 10.1. The van der Waals surface area contributed by atoms with Gasteiger partial charge in [0.05, 0.1) is 10.5 Å². The number of fused-ring (bicyclic) bond motifs is 1. The molecule has 1 aliphatic heterocycles. The van der Waals surface area contributed by atoms with Crippen molar-refractivity contribution in [1.29, 1.82) is 0 Å². The van der Waals surface area contributed by atoms with Crippen molar-refractivity contribution in [2.24, 2.45) is 0 Å². The Bertz CT molecular complexity index is 1150. The molecule has 0 saturated heterocycles. The van der Waals surface area contributed by atoms with Gasteiger partial charge >= 0.3 is 0 Å². The van der Waals surface area contributed by atoms with E-state index in [4.69, 9.17) is 0 Å². The second kappa shape index (κ2) is 7.79. The van der Waals surface area contributed by atoms with Crippen LogP contribution < -0.4 is 5.32 Å². The van der Waals surface area contributed by atoms with Gasteiger partial charge in [-0.25, -0.2) is 8.42 Å². The van der Waals surface area contributed by atoms with Crippen LogP contribution in [0.3, 0.4) is 0 Å². The summed E-state index contributed by atoms with van der Waals surface area (Å²) in [5, 5.41) is 11.4. The van der Waals surface area contributed by atoms with E-state index >= 15 is 0 Å². The Morgan fingerprint density at radius 3 is 2.52 bits per heavy atom. The molecule has 0 atom stereocenters. The van der Waals surface area contributed by atoms with E-state index in [9.17, 15) is 13.2 Å². The van der Waals surface area contributed by atoms with Gasteiger partial charge in [0.15, 0.2) is 15.7 Å². The van der Waals surface area contributed by atoms with Crippen LogP contribution in [0.4, 0.5) is 5.69 Å².